The molecule has 1 N–H and O–H groups in total. The summed E-state index contributed by atoms with van der Waals surface area (Å²) in [5.41, 5.74) is 0.364. The van der Waals surface area contributed by atoms with Gasteiger partial charge in [-0.15, -0.1) is 0 Å². The first-order valence-electron chi connectivity index (χ1n) is 8.44. The van der Waals surface area contributed by atoms with Gasteiger partial charge in [-0.3, -0.25) is 9.59 Å². The molecule has 0 aromatic carbocycles. The summed E-state index contributed by atoms with van der Waals surface area (Å²) in [7, 11) is 0. The Labute approximate surface area is 139 Å². The molecule has 6 heteroatoms. The number of nitrogens with zero attached hydrogens (tertiary/aromatic N) is 1. The van der Waals surface area contributed by atoms with Crippen molar-refractivity contribution in [3.63, 3.8) is 0 Å². The van der Waals surface area contributed by atoms with Crippen LogP contribution in [0.15, 0.2) is 39.7 Å². The van der Waals surface area contributed by atoms with E-state index in [-0.39, 0.29) is 29.2 Å². The highest BCUT2D eigenvalue weighted by Gasteiger charge is 2.37. The maximum absolute atomic E-state index is 12.9. The molecule has 0 spiro atoms. The van der Waals surface area contributed by atoms with Crippen molar-refractivity contribution in [2.24, 2.45) is 0 Å². The molecular weight excluding hydrogens is 308 g/mol. The van der Waals surface area contributed by atoms with Crippen molar-refractivity contribution >= 4 is 5.91 Å². The van der Waals surface area contributed by atoms with Gasteiger partial charge in [-0.1, -0.05) is 12.8 Å². The molecule has 126 valence electrons. The van der Waals surface area contributed by atoms with Crippen molar-refractivity contribution in [3.8, 4) is 11.5 Å². The summed E-state index contributed by atoms with van der Waals surface area (Å²) < 4.78 is 11.1. The molecule has 1 aliphatic heterocycles. The van der Waals surface area contributed by atoms with Gasteiger partial charge in [-0.05, 0) is 37.1 Å². The summed E-state index contributed by atoms with van der Waals surface area (Å²) in [5.74, 6) is 0.368. The monoisotopic (exact) mass is 328 g/mol. The maximum Gasteiger partial charge on any atom is 0.261 e. The first-order chi connectivity index (χ1) is 11.7. The van der Waals surface area contributed by atoms with E-state index in [1.54, 1.807) is 30.5 Å². The number of carbonyl (C=O) groups excluding carboxylic acids is 1. The number of carbonyl (C=O) groups is 1. The van der Waals surface area contributed by atoms with E-state index >= 15 is 0 Å². The Hall–Kier alpha value is -2.34. The number of H-pyrrole nitrogens is 1. The van der Waals surface area contributed by atoms with E-state index in [1.807, 2.05) is 4.90 Å². The third-order valence-electron chi connectivity index (χ3n) is 4.92. The lowest BCUT2D eigenvalue weighted by Gasteiger charge is -2.43. The van der Waals surface area contributed by atoms with Crippen LogP contribution >= 0.6 is 0 Å². The Morgan fingerprint density at radius 1 is 1.21 bits per heavy atom. The van der Waals surface area contributed by atoms with E-state index in [0.29, 0.717) is 24.6 Å². The van der Waals surface area contributed by atoms with E-state index in [9.17, 15) is 9.59 Å². The fourth-order valence-corrected chi connectivity index (χ4v) is 3.72. The Kier molecular flexibility index (Phi) is 3.98. The van der Waals surface area contributed by atoms with Crippen molar-refractivity contribution in [3.05, 3.63) is 46.4 Å². The summed E-state index contributed by atoms with van der Waals surface area (Å²) in [4.78, 5) is 29.9. The van der Waals surface area contributed by atoms with E-state index < -0.39 is 0 Å². The third kappa shape index (κ3) is 2.67. The number of furan rings is 1. The molecule has 1 aliphatic carbocycles. The Bertz CT molecular complexity index is 779. The molecule has 0 bridgehead atoms. The van der Waals surface area contributed by atoms with Crippen molar-refractivity contribution in [2.45, 2.75) is 37.8 Å². The lowest BCUT2D eigenvalue weighted by molar-refractivity contribution is -0.0753. The molecule has 4 rings (SSSR count). The van der Waals surface area contributed by atoms with Crippen LogP contribution in [0.1, 0.15) is 36.0 Å². The average molecular weight is 328 g/mol. The van der Waals surface area contributed by atoms with Crippen LogP contribution in [0.3, 0.4) is 0 Å². The number of aromatic amines is 1. The zero-order chi connectivity index (χ0) is 16.5. The number of hydrogen-bond donors (Lipinski definition) is 1. The van der Waals surface area contributed by atoms with Crippen LogP contribution in [0.5, 0.6) is 0 Å². The number of amides is 1. The van der Waals surface area contributed by atoms with E-state index in [1.165, 1.54) is 0 Å². The number of aromatic nitrogens is 1. The molecule has 1 saturated carbocycles. The van der Waals surface area contributed by atoms with E-state index in [2.05, 4.69) is 4.98 Å². The molecule has 24 heavy (non-hydrogen) atoms. The largest absolute Gasteiger partial charge is 0.463 e. The quantitative estimate of drug-likeness (QED) is 0.918. The third-order valence-corrected chi connectivity index (χ3v) is 4.92. The molecule has 2 fully saturated rings. The van der Waals surface area contributed by atoms with Gasteiger partial charge in [0.2, 0.25) is 0 Å². The summed E-state index contributed by atoms with van der Waals surface area (Å²) in [6, 6.07) is 6.91. The van der Waals surface area contributed by atoms with Crippen LogP contribution in [0.4, 0.5) is 0 Å². The molecule has 2 atom stereocenters. The number of rotatable bonds is 2. The van der Waals surface area contributed by atoms with Gasteiger partial charge in [-0.25, -0.2) is 0 Å². The highest BCUT2D eigenvalue weighted by Crippen LogP contribution is 2.29. The molecular formula is C18H20N2O4. The lowest BCUT2D eigenvalue weighted by atomic mass is 9.90. The van der Waals surface area contributed by atoms with Crippen LogP contribution in [0, 0.1) is 0 Å². The first-order valence-corrected chi connectivity index (χ1v) is 8.44. The van der Waals surface area contributed by atoms with Crippen LogP contribution in [0.2, 0.25) is 0 Å². The van der Waals surface area contributed by atoms with E-state index in [0.717, 1.165) is 25.7 Å². The van der Waals surface area contributed by atoms with Gasteiger partial charge in [0, 0.05) is 6.54 Å². The number of ether oxygens (including phenoxy) is 1. The van der Waals surface area contributed by atoms with Gasteiger partial charge < -0.3 is 19.0 Å². The second-order valence-corrected chi connectivity index (χ2v) is 6.35. The summed E-state index contributed by atoms with van der Waals surface area (Å²) in [5, 5.41) is 0. The smallest absolute Gasteiger partial charge is 0.261 e. The zero-order valence-corrected chi connectivity index (χ0v) is 13.4. The second-order valence-electron chi connectivity index (χ2n) is 6.35. The van der Waals surface area contributed by atoms with Crippen molar-refractivity contribution in [1.29, 1.82) is 0 Å². The van der Waals surface area contributed by atoms with Gasteiger partial charge in [0.1, 0.15) is 11.3 Å². The number of pyridine rings is 1. The van der Waals surface area contributed by atoms with Gasteiger partial charge in [0.05, 0.1) is 30.7 Å². The molecule has 3 heterocycles. The van der Waals surface area contributed by atoms with Crippen LogP contribution in [0.25, 0.3) is 11.5 Å². The predicted octanol–water partition coefficient (Wildman–Crippen LogP) is 2.42. The molecule has 2 unspecified atom stereocenters. The average Bonchev–Trinajstić information content (AvgIpc) is 3.15. The number of fused-ring (bicyclic) bond motifs is 1. The molecule has 1 amide bonds. The Balaban J connectivity index is 1.61. The summed E-state index contributed by atoms with van der Waals surface area (Å²) in [6.45, 7) is 1.08. The van der Waals surface area contributed by atoms with Crippen LogP contribution < -0.4 is 5.56 Å². The summed E-state index contributed by atoms with van der Waals surface area (Å²) in [6.07, 6.45) is 5.83. The normalized spacial score (nSPS) is 23.8. The number of hydrogen-bond acceptors (Lipinski definition) is 4. The molecule has 2 aromatic rings. The molecule has 2 aromatic heterocycles. The fourth-order valence-electron chi connectivity index (χ4n) is 3.72. The Morgan fingerprint density at radius 2 is 2.08 bits per heavy atom. The fraction of sp³-hybridized carbons (Fsp3) is 0.444. The van der Waals surface area contributed by atoms with Crippen LogP contribution in [-0.4, -0.2) is 41.1 Å². The van der Waals surface area contributed by atoms with Gasteiger partial charge in [0.25, 0.3) is 11.5 Å². The first kappa shape index (κ1) is 15.2. The Morgan fingerprint density at radius 3 is 2.88 bits per heavy atom. The minimum Gasteiger partial charge on any atom is -0.463 e. The molecule has 1 saturated heterocycles. The number of morpholine rings is 1. The van der Waals surface area contributed by atoms with Gasteiger partial charge in [0.15, 0.2) is 0 Å². The minimum atomic E-state index is -0.382. The lowest BCUT2D eigenvalue weighted by Crippen LogP contribution is -2.55. The van der Waals surface area contributed by atoms with Crippen LogP contribution in [-0.2, 0) is 4.74 Å². The molecule has 2 aliphatic rings. The predicted molar refractivity (Wildman–Crippen MR) is 87.8 cm³/mol. The maximum atomic E-state index is 12.9. The summed E-state index contributed by atoms with van der Waals surface area (Å²) >= 11 is 0. The highest BCUT2D eigenvalue weighted by atomic mass is 16.5. The number of nitrogens with one attached hydrogen (secondary N) is 1. The van der Waals surface area contributed by atoms with Gasteiger partial charge >= 0.3 is 0 Å². The zero-order valence-electron chi connectivity index (χ0n) is 13.4. The van der Waals surface area contributed by atoms with Crippen molar-refractivity contribution in [1.82, 2.24) is 9.88 Å². The standard InChI is InChI=1S/C18H20N2O4/c21-17-12(7-8-13(19-17)15-6-3-10-23-15)18(22)20-9-11-24-16-5-2-1-4-14(16)20/h3,6-8,10,14,16H,1-2,4-5,9,11H2,(H,19,21). The van der Waals surface area contributed by atoms with E-state index in [4.69, 9.17) is 9.15 Å². The SMILES string of the molecule is O=C(c1ccc(-c2ccco2)[nH]c1=O)N1CCOC2CCCCC21. The second kappa shape index (κ2) is 6.28. The van der Waals surface area contributed by atoms with Crippen molar-refractivity contribution < 1.29 is 13.9 Å². The molecule has 0 radical (unpaired) electrons. The minimum absolute atomic E-state index is 0.0872. The molecule has 6 nitrogen and oxygen atoms in total. The topological polar surface area (TPSA) is 75.5 Å². The highest BCUT2D eigenvalue weighted by molar-refractivity contribution is 5.94. The van der Waals surface area contributed by atoms with Gasteiger partial charge in [-0.2, -0.15) is 0 Å². The van der Waals surface area contributed by atoms with Crippen molar-refractivity contribution in [2.75, 3.05) is 13.2 Å².